The zero-order chi connectivity index (χ0) is 11.8. The summed E-state index contributed by atoms with van der Waals surface area (Å²) < 4.78 is 5.01. The molecule has 0 amide bonds. The molecule has 0 spiro atoms. The smallest absolute Gasteiger partial charge is 0.358 e. The molecule has 0 bridgehead atoms. The number of rotatable bonds is 2. The van der Waals surface area contributed by atoms with E-state index in [0.29, 0.717) is 5.76 Å². The lowest BCUT2D eigenvalue weighted by Gasteiger charge is -1.96. The van der Waals surface area contributed by atoms with E-state index in [9.17, 15) is 4.79 Å². The van der Waals surface area contributed by atoms with Crippen LogP contribution in [0.15, 0.2) is 35.0 Å². The molecule has 2 aromatic heterocycles. The Hall–Kier alpha value is -2.63. The van der Waals surface area contributed by atoms with Gasteiger partial charge in [0, 0.05) is 17.0 Å². The van der Waals surface area contributed by atoms with E-state index in [4.69, 9.17) is 9.63 Å². The summed E-state index contributed by atoms with van der Waals surface area (Å²) in [6.45, 7) is 0. The Balaban J connectivity index is 2.19. The fourth-order valence-corrected chi connectivity index (χ4v) is 1.68. The molecule has 3 rings (SSSR count). The van der Waals surface area contributed by atoms with Crippen LogP contribution in [0.5, 0.6) is 0 Å². The van der Waals surface area contributed by atoms with Gasteiger partial charge in [-0.05, 0) is 6.07 Å². The number of aromatic carboxylic acids is 1. The predicted octanol–water partition coefficient (Wildman–Crippen LogP) is 1.92. The van der Waals surface area contributed by atoms with Crippen LogP contribution in [0.3, 0.4) is 0 Å². The lowest BCUT2D eigenvalue weighted by atomic mass is 10.1. The van der Waals surface area contributed by atoms with Gasteiger partial charge in [-0.2, -0.15) is 5.10 Å². The first-order valence-corrected chi connectivity index (χ1v) is 4.88. The molecule has 0 saturated heterocycles. The molecule has 6 nitrogen and oxygen atoms in total. The fourth-order valence-electron chi connectivity index (χ4n) is 1.68. The van der Waals surface area contributed by atoms with Gasteiger partial charge >= 0.3 is 5.97 Å². The van der Waals surface area contributed by atoms with Gasteiger partial charge in [0.2, 0.25) is 0 Å². The number of nitrogens with zero attached hydrogens (tertiary/aromatic N) is 2. The molecule has 3 aromatic rings. The fraction of sp³-hybridized carbons (Fsp3) is 0. The molecule has 0 fully saturated rings. The third-order valence-electron chi connectivity index (χ3n) is 2.47. The average Bonchev–Trinajstić information content (AvgIpc) is 2.97. The summed E-state index contributed by atoms with van der Waals surface area (Å²) in [4.78, 5) is 10.7. The Labute approximate surface area is 94.9 Å². The summed E-state index contributed by atoms with van der Waals surface area (Å²) in [5.41, 5.74) is 1.41. The van der Waals surface area contributed by atoms with Gasteiger partial charge in [-0.1, -0.05) is 17.3 Å². The number of hydrogen-bond donors (Lipinski definition) is 2. The minimum Gasteiger partial charge on any atom is -0.476 e. The van der Waals surface area contributed by atoms with Crippen LogP contribution in [0, 0.1) is 0 Å². The van der Waals surface area contributed by atoms with E-state index < -0.39 is 5.97 Å². The van der Waals surface area contributed by atoms with E-state index in [1.165, 1.54) is 6.07 Å². The van der Waals surface area contributed by atoms with Crippen molar-refractivity contribution >= 4 is 16.9 Å². The largest absolute Gasteiger partial charge is 0.476 e. The van der Waals surface area contributed by atoms with Crippen LogP contribution < -0.4 is 0 Å². The summed E-state index contributed by atoms with van der Waals surface area (Å²) in [5, 5.41) is 19.9. The molecular weight excluding hydrogens is 222 g/mol. The van der Waals surface area contributed by atoms with Crippen molar-refractivity contribution in [2.75, 3.05) is 0 Å². The van der Waals surface area contributed by atoms with Crippen molar-refractivity contribution in [2.24, 2.45) is 0 Å². The number of hydrogen-bond acceptors (Lipinski definition) is 4. The SMILES string of the molecule is O=C(O)c1cc(-c2cccc3cn[nH]c23)on1. The number of H-pyrrole nitrogens is 1. The van der Waals surface area contributed by atoms with E-state index in [1.807, 2.05) is 18.2 Å². The normalized spacial score (nSPS) is 10.8. The van der Waals surface area contributed by atoms with E-state index in [1.54, 1.807) is 6.20 Å². The maximum atomic E-state index is 10.7. The lowest BCUT2D eigenvalue weighted by molar-refractivity contribution is 0.0686. The van der Waals surface area contributed by atoms with Crippen LogP contribution in [0.1, 0.15) is 10.5 Å². The predicted molar refractivity (Wildman–Crippen MR) is 58.6 cm³/mol. The Kier molecular flexibility index (Phi) is 1.94. The van der Waals surface area contributed by atoms with E-state index in [2.05, 4.69) is 15.4 Å². The number of carbonyl (C=O) groups is 1. The maximum absolute atomic E-state index is 10.7. The second kappa shape index (κ2) is 3.44. The van der Waals surface area contributed by atoms with Crippen molar-refractivity contribution in [3.8, 4) is 11.3 Å². The molecule has 0 aliphatic carbocycles. The Bertz CT molecular complexity index is 699. The third-order valence-corrected chi connectivity index (χ3v) is 2.47. The van der Waals surface area contributed by atoms with Crippen molar-refractivity contribution < 1.29 is 14.4 Å². The Morgan fingerprint density at radius 1 is 1.41 bits per heavy atom. The van der Waals surface area contributed by atoms with Gasteiger partial charge in [-0.25, -0.2) is 4.79 Å². The van der Waals surface area contributed by atoms with Crippen LogP contribution in [0.2, 0.25) is 0 Å². The van der Waals surface area contributed by atoms with Gasteiger partial charge in [-0.15, -0.1) is 0 Å². The van der Waals surface area contributed by atoms with Crippen molar-refractivity contribution in [3.05, 3.63) is 36.2 Å². The number of benzene rings is 1. The van der Waals surface area contributed by atoms with Crippen molar-refractivity contribution in [2.45, 2.75) is 0 Å². The van der Waals surface area contributed by atoms with Crippen LogP contribution >= 0.6 is 0 Å². The molecule has 2 heterocycles. The van der Waals surface area contributed by atoms with Crippen LogP contribution in [-0.4, -0.2) is 26.4 Å². The van der Waals surface area contributed by atoms with E-state index in [0.717, 1.165) is 16.5 Å². The molecule has 0 aliphatic rings. The highest BCUT2D eigenvalue weighted by atomic mass is 16.5. The topological polar surface area (TPSA) is 92.0 Å². The number of nitrogens with one attached hydrogen (secondary N) is 1. The van der Waals surface area contributed by atoms with Gasteiger partial charge in [-0.3, -0.25) is 5.10 Å². The number of carboxylic acids is 1. The highest BCUT2D eigenvalue weighted by molar-refractivity contribution is 5.93. The highest BCUT2D eigenvalue weighted by Gasteiger charge is 2.14. The Morgan fingerprint density at radius 2 is 2.29 bits per heavy atom. The second-order valence-corrected chi connectivity index (χ2v) is 3.52. The number of aromatic amines is 1. The summed E-state index contributed by atoms with van der Waals surface area (Å²) in [5.74, 6) is -0.714. The molecule has 2 N–H and O–H groups in total. The zero-order valence-corrected chi connectivity index (χ0v) is 8.54. The molecule has 0 saturated carbocycles. The van der Waals surface area contributed by atoms with Gasteiger partial charge < -0.3 is 9.63 Å². The number of para-hydroxylation sites is 1. The number of aromatic nitrogens is 3. The van der Waals surface area contributed by atoms with Crippen LogP contribution in [0.25, 0.3) is 22.2 Å². The summed E-state index contributed by atoms with van der Waals surface area (Å²) in [7, 11) is 0. The first-order chi connectivity index (χ1) is 8.25. The molecule has 6 heteroatoms. The maximum Gasteiger partial charge on any atom is 0.358 e. The van der Waals surface area contributed by atoms with Crippen molar-refractivity contribution in [1.82, 2.24) is 15.4 Å². The summed E-state index contributed by atoms with van der Waals surface area (Å²) in [6.07, 6.45) is 1.69. The first-order valence-electron chi connectivity index (χ1n) is 4.88. The molecule has 0 atom stereocenters. The molecule has 0 aliphatic heterocycles. The van der Waals surface area contributed by atoms with Crippen molar-refractivity contribution in [1.29, 1.82) is 0 Å². The van der Waals surface area contributed by atoms with Crippen LogP contribution in [0.4, 0.5) is 0 Å². The molecular formula is C11H7N3O3. The van der Waals surface area contributed by atoms with Crippen molar-refractivity contribution in [3.63, 3.8) is 0 Å². The quantitative estimate of drug-likeness (QED) is 0.700. The molecule has 17 heavy (non-hydrogen) atoms. The first kappa shape index (κ1) is 9.59. The number of fused-ring (bicyclic) bond motifs is 1. The van der Waals surface area contributed by atoms with E-state index in [-0.39, 0.29) is 5.69 Å². The standard InChI is InChI=1S/C11H7N3O3/c15-11(16)8-4-9(17-14-8)7-3-1-2-6-5-12-13-10(6)7/h1-5H,(H,12,13)(H,15,16). The van der Waals surface area contributed by atoms with Gasteiger partial charge in [0.05, 0.1) is 11.7 Å². The van der Waals surface area contributed by atoms with E-state index >= 15 is 0 Å². The van der Waals surface area contributed by atoms with Gasteiger partial charge in [0.25, 0.3) is 0 Å². The molecule has 0 unspecified atom stereocenters. The number of carboxylic acid groups (broad SMARTS) is 1. The summed E-state index contributed by atoms with van der Waals surface area (Å²) >= 11 is 0. The third kappa shape index (κ3) is 1.46. The molecule has 1 aromatic carbocycles. The second-order valence-electron chi connectivity index (χ2n) is 3.52. The minimum absolute atomic E-state index is 0.114. The lowest BCUT2D eigenvalue weighted by Crippen LogP contribution is -1.94. The highest BCUT2D eigenvalue weighted by Crippen LogP contribution is 2.27. The zero-order valence-electron chi connectivity index (χ0n) is 8.54. The average molecular weight is 229 g/mol. The monoisotopic (exact) mass is 229 g/mol. The van der Waals surface area contributed by atoms with Gasteiger partial charge in [0.1, 0.15) is 0 Å². The summed E-state index contributed by atoms with van der Waals surface area (Å²) in [6, 6.07) is 6.94. The molecule has 0 radical (unpaired) electrons. The Morgan fingerprint density at radius 3 is 3.06 bits per heavy atom. The minimum atomic E-state index is -1.11. The van der Waals surface area contributed by atoms with Gasteiger partial charge in [0.15, 0.2) is 11.5 Å². The molecule has 84 valence electrons. The van der Waals surface area contributed by atoms with Crippen LogP contribution in [-0.2, 0) is 0 Å².